The lowest BCUT2D eigenvalue weighted by molar-refractivity contribution is 0.197. The molecule has 0 aliphatic heterocycles. The molecule has 0 amide bonds. The Bertz CT molecular complexity index is 543. The first kappa shape index (κ1) is 16.5. The lowest BCUT2D eigenvalue weighted by atomic mass is 9.88. The van der Waals surface area contributed by atoms with E-state index in [2.05, 4.69) is 24.3 Å². The highest BCUT2D eigenvalue weighted by Crippen LogP contribution is 2.33. The third kappa shape index (κ3) is 4.55. The Balaban J connectivity index is 2.59. The lowest BCUT2D eigenvalue weighted by Crippen LogP contribution is -2.07. The Kier molecular flexibility index (Phi) is 5.93. The summed E-state index contributed by atoms with van der Waals surface area (Å²) in [4.78, 5) is 0. The van der Waals surface area contributed by atoms with Crippen LogP contribution in [-0.2, 0) is 0 Å². The van der Waals surface area contributed by atoms with Crippen molar-refractivity contribution >= 4 is 11.1 Å². The van der Waals surface area contributed by atoms with E-state index in [1.807, 2.05) is 36.4 Å². The van der Waals surface area contributed by atoms with E-state index in [4.69, 9.17) is 0 Å². The molecule has 0 heterocycles. The van der Waals surface area contributed by atoms with Gasteiger partial charge in [0, 0.05) is 0 Å². The van der Waals surface area contributed by atoms with Crippen LogP contribution in [0.3, 0.4) is 0 Å². The fourth-order valence-electron chi connectivity index (χ4n) is 2.70. The molecule has 116 valence electrons. The van der Waals surface area contributed by atoms with Gasteiger partial charge in [0.1, 0.15) is 0 Å². The predicted molar refractivity (Wildman–Crippen MR) is 92.3 cm³/mol. The first-order chi connectivity index (χ1) is 10.6. The van der Waals surface area contributed by atoms with Crippen LogP contribution in [-0.4, -0.2) is 22.4 Å². The molecule has 0 aromatic heterocycles. The fourth-order valence-corrected chi connectivity index (χ4v) is 2.70. The zero-order chi connectivity index (χ0) is 15.9. The molecule has 0 saturated heterocycles. The highest BCUT2D eigenvalue weighted by Gasteiger charge is 2.15. The molecule has 2 aromatic carbocycles. The van der Waals surface area contributed by atoms with Crippen molar-refractivity contribution in [3.05, 3.63) is 71.8 Å². The topological polar surface area (TPSA) is 40.5 Å². The van der Waals surface area contributed by atoms with Crippen LogP contribution in [0, 0.1) is 0 Å². The molecule has 0 fully saturated rings. The van der Waals surface area contributed by atoms with E-state index >= 15 is 0 Å². The Morgan fingerprint density at radius 3 is 1.27 bits per heavy atom. The monoisotopic (exact) mass is 296 g/mol. The SMILES string of the molecule is CC(O)CC(=C(CC(C)O)c1ccccc1)c1ccccc1. The molecule has 0 radical (unpaired) electrons. The van der Waals surface area contributed by atoms with E-state index in [1.54, 1.807) is 13.8 Å². The van der Waals surface area contributed by atoms with Crippen LogP contribution in [0.5, 0.6) is 0 Å². The van der Waals surface area contributed by atoms with E-state index in [-0.39, 0.29) is 0 Å². The van der Waals surface area contributed by atoms with Crippen molar-refractivity contribution in [1.82, 2.24) is 0 Å². The molecule has 2 heteroatoms. The van der Waals surface area contributed by atoms with Crippen LogP contribution in [0.2, 0.25) is 0 Å². The molecule has 2 nitrogen and oxygen atoms in total. The summed E-state index contributed by atoms with van der Waals surface area (Å²) in [5, 5.41) is 19.8. The van der Waals surface area contributed by atoms with Crippen molar-refractivity contribution < 1.29 is 10.2 Å². The van der Waals surface area contributed by atoms with Gasteiger partial charge in [0.25, 0.3) is 0 Å². The molecule has 0 bridgehead atoms. The van der Waals surface area contributed by atoms with E-state index in [0.717, 1.165) is 22.3 Å². The molecular formula is C20H24O2. The van der Waals surface area contributed by atoms with Gasteiger partial charge in [-0.25, -0.2) is 0 Å². The molecule has 2 N–H and O–H groups in total. The summed E-state index contributed by atoms with van der Waals surface area (Å²) in [6, 6.07) is 20.2. The molecule has 2 unspecified atom stereocenters. The summed E-state index contributed by atoms with van der Waals surface area (Å²) in [6.07, 6.45) is 0.285. The largest absolute Gasteiger partial charge is 0.393 e. The lowest BCUT2D eigenvalue weighted by Gasteiger charge is -2.19. The minimum atomic E-state index is -0.428. The average molecular weight is 296 g/mol. The zero-order valence-corrected chi connectivity index (χ0v) is 13.2. The van der Waals surface area contributed by atoms with Gasteiger partial charge >= 0.3 is 0 Å². The van der Waals surface area contributed by atoms with Crippen molar-refractivity contribution in [2.24, 2.45) is 0 Å². The highest BCUT2D eigenvalue weighted by atomic mass is 16.3. The van der Waals surface area contributed by atoms with Crippen LogP contribution < -0.4 is 0 Å². The van der Waals surface area contributed by atoms with Gasteiger partial charge in [0.2, 0.25) is 0 Å². The van der Waals surface area contributed by atoms with Crippen molar-refractivity contribution in [2.75, 3.05) is 0 Å². The maximum atomic E-state index is 9.92. The maximum Gasteiger partial charge on any atom is 0.0552 e. The minimum Gasteiger partial charge on any atom is -0.393 e. The zero-order valence-electron chi connectivity index (χ0n) is 13.2. The van der Waals surface area contributed by atoms with Crippen molar-refractivity contribution in [2.45, 2.75) is 38.9 Å². The summed E-state index contributed by atoms with van der Waals surface area (Å²) in [6.45, 7) is 3.60. The maximum absolute atomic E-state index is 9.92. The standard InChI is InChI=1S/C20H24O2/c1-15(21)13-19(17-9-5-3-6-10-17)20(14-16(2)22)18-11-7-4-8-12-18/h3-12,15-16,21-22H,13-14H2,1-2H3. The molecule has 0 aliphatic carbocycles. The van der Waals surface area contributed by atoms with E-state index < -0.39 is 12.2 Å². The highest BCUT2D eigenvalue weighted by molar-refractivity contribution is 5.91. The van der Waals surface area contributed by atoms with Gasteiger partial charge in [-0.05, 0) is 49.0 Å². The third-order valence-electron chi connectivity index (χ3n) is 3.61. The molecule has 22 heavy (non-hydrogen) atoms. The second-order valence-corrected chi connectivity index (χ2v) is 5.80. The molecule has 0 aliphatic rings. The molecule has 2 atom stereocenters. The van der Waals surface area contributed by atoms with Gasteiger partial charge in [0.05, 0.1) is 12.2 Å². The second-order valence-electron chi connectivity index (χ2n) is 5.80. The molecule has 0 saturated carbocycles. The van der Waals surface area contributed by atoms with Gasteiger partial charge in [-0.2, -0.15) is 0 Å². The number of rotatable bonds is 6. The van der Waals surface area contributed by atoms with Crippen LogP contribution in [0.1, 0.15) is 37.8 Å². The van der Waals surface area contributed by atoms with Crippen LogP contribution >= 0.6 is 0 Å². The Hall–Kier alpha value is -1.90. The summed E-state index contributed by atoms with van der Waals surface area (Å²) >= 11 is 0. The summed E-state index contributed by atoms with van der Waals surface area (Å²) < 4.78 is 0. The first-order valence-electron chi connectivity index (χ1n) is 7.77. The van der Waals surface area contributed by atoms with Gasteiger partial charge < -0.3 is 10.2 Å². The summed E-state index contributed by atoms with van der Waals surface area (Å²) in [5.74, 6) is 0. The normalized spacial score (nSPS) is 15.1. The van der Waals surface area contributed by atoms with E-state index in [9.17, 15) is 10.2 Å². The molecular weight excluding hydrogens is 272 g/mol. The number of aliphatic hydroxyl groups excluding tert-OH is 2. The van der Waals surface area contributed by atoms with Gasteiger partial charge in [0.15, 0.2) is 0 Å². The van der Waals surface area contributed by atoms with Gasteiger partial charge in [-0.15, -0.1) is 0 Å². The third-order valence-corrected chi connectivity index (χ3v) is 3.61. The molecule has 2 rings (SSSR count). The van der Waals surface area contributed by atoms with Crippen LogP contribution in [0.25, 0.3) is 11.1 Å². The Morgan fingerprint density at radius 1 is 0.682 bits per heavy atom. The summed E-state index contributed by atoms with van der Waals surface area (Å²) in [5.41, 5.74) is 4.40. The minimum absolute atomic E-state index is 0.428. The second kappa shape index (κ2) is 7.92. The smallest absolute Gasteiger partial charge is 0.0552 e. The fraction of sp³-hybridized carbons (Fsp3) is 0.300. The van der Waals surface area contributed by atoms with E-state index in [0.29, 0.717) is 12.8 Å². The molecule has 2 aromatic rings. The number of hydrogen-bond acceptors (Lipinski definition) is 2. The van der Waals surface area contributed by atoms with Gasteiger partial charge in [-0.1, -0.05) is 60.7 Å². The van der Waals surface area contributed by atoms with Crippen LogP contribution in [0.15, 0.2) is 60.7 Å². The average Bonchev–Trinajstić information content (AvgIpc) is 2.52. The van der Waals surface area contributed by atoms with Crippen LogP contribution in [0.4, 0.5) is 0 Å². The van der Waals surface area contributed by atoms with Crippen molar-refractivity contribution in [1.29, 1.82) is 0 Å². The van der Waals surface area contributed by atoms with Crippen molar-refractivity contribution in [3.8, 4) is 0 Å². The van der Waals surface area contributed by atoms with Gasteiger partial charge in [-0.3, -0.25) is 0 Å². The Morgan fingerprint density at radius 2 is 1.00 bits per heavy atom. The van der Waals surface area contributed by atoms with Crippen molar-refractivity contribution in [3.63, 3.8) is 0 Å². The quantitative estimate of drug-likeness (QED) is 0.787. The summed E-state index contributed by atoms with van der Waals surface area (Å²) in [7, 11) is 0. The number of benzene rings is 2. The number of hydrogen-bond donors (Lipinski definition) is 2. The Labute approximate surface area is 132 Å². The van der Waals surface area contributed by atoms with E-state index in [1.165, 1.54) is 0 Å². The number of aliphatic hydroxyl groups is 2. The first-order valence-corrected chi connectivity index (χ1v) is 7.77. The predicted octanol–water partition coefficient (Wildman–Crippen LogP) is 4.14. The molecule has 0 spiro atoms.